The third-order valence-electron chi connectivity index (χ3n) is 12.6. The zero-order valence-electron chi connectivity index (χ0n) is 33.7. The summed E-state index contributed by atoms with van der Waals surface area (Å²) in [6, 6.07) is 82.3. The molecule has 0 saturated heterocycles. The first-order valence-electron chi connectivity index (χ1n) is 21.1. The van der Waals surface area contributed by atoms with Crippen LogP contribution in [0.4, 0.5) is 0 Å². The molecule has 0 N–H and O–H groups in total. The number of furan rings is 1. The Labute approximate surface area is 360 Å². The Morgan fingerprint density at radius 2 is 0.871 bits per heavy atom. The van der Waals surface area contributed by atoms with Gasteiger partial charge in [0.1, 0.15) is 11.2 Å². The van der Waals surface area contributed by atoms with E-state index in [-0.39, 0.29) is 0 Å². The molecule has 1 aliphatic carbocycles. The fourth-order valence-corrected chi connectivity index (χ4v) is 9.79. The lowest BCUT2D eigenvalue weighted by Gasteiger charge is -2.33. The molecule has 0 amide bonds. The highest BCUT2D eigenvalue weighted by molar-refractivity contribution is 6.06. The van der Waals surface area contributed by atoms with E-state index in [0.717, 1.165) is 72.3 Å². The first kappa shape index (κ1) is 35.8. The summed E-state index contributed by atoms with van der Waals surface area (Å²) in [5.41, 5.74) is 18.2. The average molecular weight is 791 g/mol. The molecular formula is C59H38N2O. The van der Waals surface area contributed by atoms with Crippen molar-refractivity contribution in [1.82, 2.24) is 9.97 Å². The average Bonchev–Trinajstić information content (AvgIpc) is 3.88. The molecule has 1 aliphatic rings. The molecule has 0 atom stereocenters. The summed E-state index contributed by atoms with van der Waals surface area (Å²) in [6.07, 6.45) is 0. The van der Waals surface area contributed by atoms with Crippen molar-refractivity contribution in [1.29, 1.82) is 0 Å². The maximum atomic E-state index is 6.19. The van der Waals surface area contributed by atoms with E-state index in [1.54, 1.807) is 0 Å². The van der Waals surface area contributed by atoms with Gasteiger partial charge in [0.2, 0.25) is 0 Å². The number of hydrogen-bond acceptors (Lipinski definition) is 3. The van der Waals surface area contributed by atoms with Gasteiger partial charge in [-0.25, -0.2) is 9.97 Å². The zero-order chi connectivity index (χ0) is 41.0. The molecule has 0 radical (unpaired) electrons. The SMILES string of the molecule is c1ccc(-c2nc(-c3cccc(-c4ccc5c(c4)-c4ccccc4C5(c4ccccc4)c4ccccc4)c3)cc(-c3ccccc3-c3ccc4oc5ccccc5c4c3)n2)cc1. The molecule has 0 unspecified atom stereocenters. The van der Waals surface area contributed by atoms with Crippen LogP contribution >= 0.6 is 0 Å². The number of rotatable bonds is 7. The first-order chi connectivity index (χ1) is 30.7. The highest BCUT2D eigenvalue weighted by atomic mass is 16.3. The van der Waals surface area contributed by atoms with Gasteiger partial charge in [-0.2, -0.15) is 0 Å². The highest BCUT2D eigenvalue weighted by Gasteiger charge is 2.45. The van der Waals surface area contributed by atoms with Crippen LogP contribution in [0.15, 0.2) is 235 Å². The number of para-hydroxylation sites is 1. The van der Waals surface area contributed by atoms with Gasteiger partial charge >= 0.3 is 0 Å². The second-order valence-electron chi connectivity index (χ2n) is 16.1. The summed E-state index contributed by atoms with van der Waals surface area (Å²) < 4.78 is 6.19. The smallest absolute Gasteiger partial charge is 0.160 e. The monoisotopic (exact) mass is 790 g/mol. The van der Waals surface area contributed by atoms with E-state index in [4.69, 9.17) is 14.4 Å². The van der Waals surface area contributed by atoms with Crippen LogP contribution in [0.5, 0.6) is 0 Å². The van der Waals surface area contributed by atoms with Crippen molar-refractivity contribution in [2.75, 3.05) is 0 Å². The van der Waals surface area contributed by atoms with Crippen molar-refractivity contribution in [2.24, 2.45) is 0 Å². The van der Waals surface area contributed by atoms with E-state index < -0.39 is 5.41 Å². The van der Waals surface area contributed by atoms with E-state index >= 15 is 0 Å². The summed E-state index contributed by atoms with van der Waals surface area (Å²) >= 11 is 0. The maximum absolute atomic E-state index is 6.19. The minimum absolute atomic E-state index is 0.436. The second kappa shape index (κ2) is 14.5. The van der Waals surface area contributed by atoms with Crippen LogP contribution in [0.3, 0.4) is 0 Å². The summed E-state index contributed by atoms with van der Waals surface area (Å²) in [5.74, 6) is 0.682. The molecular weight excluding hydrogens is 753 g/mol. The second-order valence-corrected chi connectivity index (χ2v) is 16.1. The fraction of sp³-hybridized carbons (Fsp3) is 0.0169. The number of fused-ring (bicyclic) bond motifs is 6. The van der Waals surface area contributed by atoms with Crippen LogP contribution < -0.4 is 0 Å². The Hall–Kier alpha value is -8.14. The molecule has 0 fully saturated rings. The van der Waals surface area contributed by atoms with E-state index in [1.807, 2.05) is 30.3 Å². The van der Waals surface area contributed by atoms with Crippen LogP contribution in [0.2, 0.25) is 0 Å². The van der Waals surface area contributed by atoms with Crippen molar-refractivity contribution < 1.29 is 4.42 Å². The third-order valence-corrected chi connectivity index (χ3v) is 12.6. The van der Waals surface area contributed by atoms with Gasteiger partial charge in [0, 0.05) is 27.5 Å². The van der Waals surface area contributed by atoms with E-state index in [1.165, 1.54) is 33.4 Å². The molecule has 2 aromatic heterocycles. The molecule has 0 bridgehead atoms. The lowest BCUT2D eigenvalue weighted by Crippen LogP contribution is -2.28. The van der Waals surface area contributed by atoms with Gasteiger partial charge < -0.3 is 4.42 Å². The first-order valence-corrected chi connectivity index (χ1v) is 21.1. The summed E-state index contributed by atoms with van der Waals surface area (Å²) in [5, 5.41) is 2.20. The molecule has 11 aromatic rings. The van der Waals surface area contributed by atoms with Gasteiger partial charge in [0.15, 0.2) is 5.82 Å². The molecule has 62 heavy (non-hydrogen) atoms. The van der Waals surface area contributed by atoms with Gasteiger partial charge in [-0.05, 0) is 92.0 Å². The summed E-state index contributed by atoms with van der Waals surface area (Å²) in [7, 11) is 0. The molecule has 0 spiro atoms. The standard InChI is InChI=1S/C59H38N2O/c1-4-17-39(18-5-1)58-60-54(38-55(61-58)48-27-11-10-25-46(48)42-32-34-57-51(37-42)49-28-13-15-30-56(49)62-57)43-20-16-19-40(35-43)41-31-33-53-50(36-41)47-26-12-14-29-52(47)59(53,44-21-6-2-7-22-44)45-23-8-3-9-24-45/h1-38H. The van der Waals surface area contributed by atoms with Gasteiger partial charge in [-0.3, -0.25) is 0 Å². The minimum Gasteiger partial charge on any atom is -0.456 e. The Bertz CT molecular complexity index is 3420. The summed E-state index contributed by atoms with van der Waals surface area (Å²) in [6.45, 7) is 0. The Balaban J connectivity index is 0.995. The Morgan fingerprint density at radius 1 is 0.306 bits per heavy atom. The molecule has 2 heterocycles. The van der Waals surface area contributed by atoms with Crippen molar-refractivity contribution in [3.63, 3.8) is 0 Å². The highest BCUT2D eigenvalue weighted by Crippen LogP contribution is 2.56. The van der Waals surface area contributed by atoms with Crippen molar-refractivity contribution in [2.45, 2.75) is 5.41 Å². The fourth-order valence-electron chi connectivity index (χ4n) is 9.79. The van der Waals surface area contributed by atoms with Gasteiger partial charge in [-0.15, -0.1) is 0 Å². The minimum atomic E-state index is -0.436. The van der Waals surface area contributed by atoms with Crippen molar-refractivity contribution in [3.8, 4) is 67.3 Å². The Morgan fingerprint density at radius 3 is 1.66 bits per heavy atom. The normalized spacial score (nSPS) is 12.6. The van der Waals surface area contributed by atoms with E-state index in [2.05, 4.69) is 200 Å². The predicted molar refractivity (Wildman–Crippen MR) is 254 cm³/mol. The zero-order valence-corrected chi connectivity index (χ0v) is 33.7. The molecule has 290 valence electrons. The number of nitrogens with zero attached hydrogens (tertiary/aromatic N) is 2. The predicted octanol–water partition coefficient (Wildman–Crippen LogP) is 15.1. The lowest BCUT2D eigenvalue weighted by molar-refractivity contribution is 0.669. The van der Waals surface area contributed by atoms with Gasteiger partial charge in [0.05, 0.1) is 16.8 Å². The van der Waals surface area contributed by atoms with E-state index in [0.29, 0.717) is 5.82 Å². The van der Waals surface area contributed by atoms with Crippen LogP contribution in [-0.4, -0.2) is 9.97 Å². The van der Waals surface area contributed by atoms with Crippen molar-refractivity contribution in [3.05, 3.63) is 253 Å². The van der Waals surface area contributed by atoms with Crippen molar-refractivity contribution >= 4 is 21.9 Å². The van der Waals surface area contributed by atoms with E-state index in [9.17, 15) is 0 Å². The largest absolute Gasteiger partial charge is 0.456 e. The molecule has 9 aromatic carbocycles. The van der Waals surface area contributed by atoms with Crippen LogP contribution in [0.25, 0.3) is 89.2 Å². The lowest BCUT2D eigenvalue weighted by atomic mass is 9.67. The quantitative estimate of drug-likeness (QED) is 0.161. The maximum Gasteiger partial charge on any atom is 0.160 e. The number of hydrogen-bond donors (Lipinski definition) is 0. The van der Waals surface area contributed by atoms with Crippen LogP contribution in [0, 0.1) is 0 Å². The molecule has 3 nitrogen and oxygen atoms in total. The number of aromatic nitrogens is 2. The topological polar surface area (TPSA) is 38.9 Å². The van der Waals surface area contributed by atoms with Gasteiger partial charge in [-0.1, -0.05) is 194 Å². The summed E-state index contributed by atoms with van der Waals surface area (Å²) in [4.78, 5) is 10.5. The Kier molecular flexibility index (Phi) is 8.39. The van der Waals surface area contributed by atoms with Crippen LogP contribution in [0.1, 0.15) is 22.3 Å². The molecule has 0 aliphatic heterocycles. The van der Waals surface area contributed by atoms with Gasteiger partial charge in [0.25, 0.3) is 0 Å². The molecule has 12 rings (SSSR count). The molecule has 3 heteroatoms. The molecule has 0 saturated carbocycles. The number of benzene rings is 9. The van der Waals surface area contributed by atoms with Crippen LogP contribution in [-0.2, 0) is 5.41 Å². The third kappa shape index (κ3) is 5.74.